The van der Waals surface area contributed by atoms with Crippen molar-refractivity contribution in [3.8, 4) is 0 Å². The van der Waals surface area contributed by atoms with Gasteiger partial charge in [-0.2, -0.15) is 0 Å². The molecule has 1 aliphatic rings. The van der Waals surface area contributed by atoms with Crippen LogP contribution in [0.25, 0.3) is 0 Å². The lowest BCUT2D eigenvalue weighted by molar-refractivity contribution is -0.122. The molecule has 0 bridgehead atoms. The maximum absolute atomic E-state index is 11.4. The molecule has 1 amide bonds. The van der Waals surface area contributed by atoms with Crippen molar-refractivity contribution >= 4 is 5.91 Å². The van der Waals surface area contributed by atoms with Gasteiger partial charge in [-0.25, -0.2) is 0 Å². The zero-order chi connectivity index (χ0) is 12.0. The minimum Gasteiger partial charge on any atom is -0.395 e. The highest BCUT2D eigenvalue weighted by atomic mass is 16.3. The molecule has 0 spiro atoms. The lowest BCUT2D eigenvalue weighted by Gasteiger charge is -2.20. The van der Waals surface area contributed by atoms with Crippen molar-refractivity contribution in [3.05, 3.63) is 0 Å². The van der Waals surface area contributed by atoms with Crippen LogP contribution in [0, 0.1) is 5.92 Å². The fourth-order valence-corrected chi connectivity index (χ4v) is 2.18. The Kier molecular flexibility index (Phi) is 5.73. The fourth-order valence-electron chi connectivity index (χ4n) is 2.18. The second-order valence-electron chi connectivity index (χ2n) is 4.69. The van der Waals surface area contributed by atoms with E-state index in [1.54, 1.807) is 0 Å². The van der Waals surface area contributed by atoms with E-state index in [2.05, 4.69) is 22.2 Å². The highest BCUT2D eigenvalue weighted by Crippen LogP contribution is 2.14. The molecule has 0 aliphatic carbocycles. The highest BCUT2D eigenvalue weighted by molar-refractivity contribution is 5.77. The molecule has 0 aromatic rings. The monoisotopic (exact) mass is 229 g/mol. The Morgan fingerprint density at radius 1 is 1.62 bits per heavy atom. The molecule has 0 saturated carbocycles. The van der Waals surface area contributed by atoms with Crippen molar-refractivity contribution in [2.24, 2.45) is 5.92 Å². The van der Waals surface area contributed by atoms with Crippen LogP contribution in [0.1, 0.15) is 6.42 Å². The first-order valence-electron chi connectivity index (χ1n) is 5.86. The van der Waals surface area contributed by atoms with Crippen LogP contribution >= 0.6 is 0 Å². The Morgan fingerprint density at radius 2 is 2.38 bits per heavy atom. The Morgan fingerprint density at radius 3 is 2.94 bits per heavy atom. The molecule has 1 aliphatic heterocycles. The van der Waals surface area contributed by atoms with Gasteiger partial charge in [0.1, 0.15) is 0 Å². The quantitative estimate of drug-likeness (QED) is 0.612. The zero-order valence-electron chi connectivity index (χ0n) is 10.3. The number of nitrogens with zero attached hydrogens (tertiary/aromatic N) is 2. The second-order valence-corrected chi connectivity index (χ2v) is 4.69. The summed E-state index contributed by atoms with van der Waals surface area (Å²) >= 11 is 0. The average molecular weight is 229 g/mol. The first-order valence-corrected chi connectivity index (χ1v) is 5.86. The van der Waals surface area contributed by atoms with Gasteiger partial charge in [0.05, 0.1) is 13.2 Å². The number of aliphatic hydroxyl groups is 1. The average Bonchev–Trinajstić information content (AvgIpc) is 2.60. The molecule has 5 nitrogen and oxygen atoms in total. The summed E-state index contributed by atoms with van der Waals surface area (Å²) in [7, 11) is 4.10. The van der Waals surface area contributed by atoms with Gasteiger partial charge in [-0.15, -0.1) is 0 Å². The summed E-state index contributed by atoms with van der Waals surface area (Å²) in [5, 5.41) is 11.2. The van der Waals surface area contributed by atoms with Crippen LogP contribution in [-0.2, 0) is 4.79 Å². The summed E-state index contributed by atoms with van der Waals surface area (Å²) in [5.41, 5.74) is 0. The maximum Gasteiger partial charge on any atom is 0.234 e. The predicted octanol–water partition coefficient (Wildman–Crippen LogP) is -1.02. The van der Waals surface area contributed by atoms with Crippen LogP contribution in [-0.4, -0.2) is 74.2 Å². The molecule has 0 radical (unpaired) electrons. The smallest absolute Gasteiger partial charge is 0.234 e. The standard InChI is InChI=1S/C11H23N3O2/c1-13-5-3-10(7-13)8-14(2)9-11(16)12-4-6-15/h10,15H,3-9H2,1-2H3,(H,12,16). The number of rotatable bonds is 6. The van der Waals surface area contributed by atoms with Crippen molar-refractivity contribution in [1.82, 2.24) is 15.1 Å². The summed E-state index contributed by atoms with van der Waals surface area (Å²) in [6.07, 6.45) is 1.22. The Balaban J connectivity index is 2.14. The number of hydrogen-bond acceptors (Lipinski definition) is 4. The van der Waals surface area contributed by atoms with E-state index in [0.717, 1.165) is 19.6 Å². The largest absolute Gasteiger partial charge is 0.395 e. The minimum absolute atomic E-state index is 0.00285. The zero-order valence-corrected chi connectivity index (χ0v) is 10.3. The Bertz CT molecular complexity index is 223. The Labute approximate surface area is 97.4 Å². The van der Waals surface area contributed by atoms with Gasteiger partial charge in [0.2, 0.25) is 5.91 Å². The van der Waals surface area contributed by atoms with E-state index in [1.807, 2.05) is 7.05 Å². The van der Waals surface area contributed by atoms with E-state index in [4.69, 9.17) is 5.11 Å². The number of nitrogens with one attached hydrogen (secondary N) is 1. The van der Waals surface area contributed by atoms with Crippen LogP contribution in [0.2, 0.25) is 0 Å². The van der Waals surface area contributed by atoms with Crippen LogP contribution < -0.4 is 5.32 Å². The van der Waals surface area contributed by atoms with Crippen molar-refractivity contribution < 1.29 is 9.90 Å². The number of hydrogen-bond donors (Lipinski definition) is 2. The molecule has 2 N–H and O–H groups in total. The third-order valence-corrected chi connectivity index (χ3v) is 2.91. The van der Waals surface area contributed by atoms with E-state index in [0.29, 0.717) is 19.0 Å². The van der Waals surface area contributed by atoms with Gasteiger partial charge in [-0.05, 0) is 33.0 Å². The number of likely N-dealkylation sites (N-methyl/N-ethyl adjacent to an activating group) is 1. The van der Waals surface area contributed by atoms with Gasteiger partial charge in [0.15, 0.2) is 0 Å². The number of carbonyl (C=O) groups excluding carboxylic acids is 1. The molecule has 5 heteroatoms. The van der Waals surface area contributed by atoms with Crippen molar-refractivity contribution in [2.45, 2.75) is 6.42 Å². The SMILES string of the molecule is CN1CCC(CN(C)CC(=O)NCCO)C1. The molecule has 1 rings (SSSR count). The van der Waals surface area contributed by atoms with E-state index in [9.17, 15) is 4.79 Å². The van der Waals surface area contributed by atoms with E-state index in [1.165, 1.54) is 6.42 Å². The van der Waals surface area contributed by atoms with Crippen LogP contribution in [0.15, 0.2) is 0 Å². The molecule has 94 valence electrons. The summed E-state index contributed by atoms with van der Waals surface area (Å²) < 4.78 is 0. The molecule has 1 atom stereocenters. The van der Waals surface area contributed by atoms with Crippen LogP contribution in [0.3, 0.4) is 0 Å². The predicted molar refractivity (Wildman–Crippen MR) is 63.2 cm³/mol. The minimum atomic E-state index is -0.0112. The first-order chi connectivity index (χ1) is 7.61. The first kappa shape index (κ1) is 13.4. The summed E-state index contributed by atoms with van der Waals surface area (Å²) in [5.74, 6) is 0.670. The molecule has 0 aromatic heterocycles. The fraction of sp³-hybridized carbons (Fsp3) is 0.909. The van der Waals surface area contributed by atoms with Gasteiger partial charge < -0.3 is 15.3 Å². The normalized spacial score (nSPS) is 21.6. The Hall–Kier alpha value is -0.650. The molecular formula is C11H23N3O2. The number of carbonyl (C=O) groups is 1. The van der Waals surface area contributed by atoms with E-state index >= 15 is 0 Å². The summed E-state index contributed by atoms with van der Waals surface area (Å²) in [6.45, 7) is 4.02. The van der Waals surface area contributed by atoms with E-state index < -0.39 is 0 Å². The van der Waals surface area contributed by atoms with Gasteiger partial charge >= 0.3 is 0 Å². The van der Waals surface area contributed by atoms with Crippen LogP contribution in [0.5, 0.6) is 0 Å². The van der Waals surface area contributed by atoms with Crippen molar-refractivity contribution in [2.75, 3.05) is 53.4 Å². The third-order valence-electron chi connectivity index (χ3n) is 2.91. The number of likely N-dealkylation sites (tertiary alicyclic amines) is 1. The van der Waals surface area contributed by atoms with Crippen LogP contribution in [0.4, 0.5) is 0 Å². The van der Waals surface area contributed by atoms with Crippen molar-refractivity contribution in [3.63, 3.8) is 0 Å². The topological polar surface area (TPSA) is 55.8 Å². The van der Waals surface area contributed by atoms with E-state index in [-0.39, 0.29) is 12.5 Å². The van der Waals surface area contributed by atoms with Gasteiger partial charge in [-0.3, -0.25) is 9.69 Å². The molecule has 1 fully saturated rings. The third kappa shape index (κ3) is 4.92. The molecule has 1 unspecified atom stereocenters. The van der Waals surface area contributed by atoms with Crippen molar-refractivity contribution in [1.29, 1.82) is 0 Å². The molecular weight excluding hydrogens is 206 g/mol. The number of aliphatic hydroxyl groups excluding tert-OH is 1. The van der Waals surface area contributed by atoms with Gasteiger partial charge in [0, 0.05) is 19.6 Å². The summed E-state index contributed by atoms with van der Waals surface area (Å²) in [6, 6.07) is 0. The lowest BCUT2D eigenvalue weighted by Crippen LogP contribution is -2.38. The lowest BCUT2D eigenvalue weighted by atomic mass is 10.1. The highest BCUT2D eigenvalue weighted by Gasteiger charge is 2.21. The molecule has 1 saturated heterocycles. The second kappa shape index (κ2) is 6.83. The molecule has 0 aromatic carbocycles. The molecule has 16 heavy (non-hydrogen) atoms. The maximum atomic E-state index is 11.4. The van der Waals surface area contributed by atoms with Gasteiger partial charge in [-0.1, -0.05) is 0 Å². The molecule has 1 heterocycles. The summed E-state index contributed by atoms with van der Waals surface area (Å²) in [4.78, 5) is 15.8. The van der Waals surface area contributed by atoms with Gasteiger partial charge in [0.25, 0.3) is 0 Å². The number of amides is 1.